The van der Waals surface area contributed by atoms with E-state index in [0.717, 1.165) is 33.0 Å². The van der Waals surface area contributed by atoms with Gasteiger partial charge in [0.1, 0.15) is 0 Å². The van der Waals surface area contributed by atoms with Crippen LogP contribution < -0.4 is 5.11 Å². The van der Waals surface area contributed by atoms with Gasteiger partial charge in [-0.1, -0.05) is 0 Å². The standard InChI is InChI=1S/C3H8O2S.C2H4O2.C2H5.Hg/c4-1-3(5)2-6;1-2(3)4;1-2;/h3-6H,1-2H2;1H3,(H,3,4);1H2,2H3;/q;;;+1/p-1. The summed E-state index contributed by atoms with van der Waals surface area (Å²) in [5.41, 5.74) is 0. The Kier molecular flexibility index (Phi) is 27.4. The number of hydrogen-bond acceptors (Lipinski definition) is 5. The minimum absolute atomic E-state index is 0.191. The first-order valence-corrected chi connectivity index (χ1v) is 8.34. The molecule has 0 aliphatic rings. The second-order valence-electron chi connectivity index (χ2n) is 2.01. The molecule has 13 heavy (non-hydrogen) atoms. The zero-order chi connectivity index (χ0) is 11.3. The summed E-state index contributed by atoms with van der Waals surface area (Å²) >= 11 is 4.75. The number of aliphatic carboxylic acids is 1. The fourth-order valence-electron chi connectivity index (χ4n) is 0.0577. The molecular weight excluding hydrogens is 381 g/mol. The van der Waals surface area contributed by atoms with Crippen molar-refractivity contribution in [2.75, 3.05) is 12.4 Å². The largest absolute Gasteiger partial charge is 0.394 e. The second kappa shape index (κ2) is 18.5. The summed E-state index contributed by atoms with van der Waals surface area (Å²) in [6.45, 7) is 2.99. The van der Waals surface area contributed by atoms with Crippen LogP contribution in [0, 0.1) is 0 Å². The van der Waals surface area contributed by atoms with Gasteiger partial charge in [0.05, 0.1) is 12.7 Å². The Morgan fingerprint density at radius 1 is 1.69 bits per heavy atom. The van der Waals surface area contributed by atoms with Crippen molar-refractivity contribution in [3.8, 4) is 0 Å². The van der Waals surface area contributed by atoms with Gasteiger partial charge in [-0.05, 0) is 6.92 Å². The van der Waals surface area contributed by atoms with Crippen molar-refractivity contribution in [2.24, 2.45) is 0 Å². The zero-order valence-electron chi connectivity index (χ0n) is 8.06. The Labute approximate surface area is 101 Å². The Bertz CT molecular complexity index is 94.5. The maximum atomic E-state index is 8.89. The molecule has 0 saturated heterocycles. The molecule has 1 atom stereocenters. The number of aliphatic hydroxyl groups excluding tert-OH is 2. The molecule has 0 aromatic rings. The van der Waals surface area contributed by atoms with E-state index in [1.54, 1.807) is 0 Å². The summed E-state index contributed by atoms with van der Waals surface area (Å²) in [4.78, 5) is 8.89. The minimum atomic E-state index is -1.08. The van der Waals surface area contributed by atoms with Crippen LogP contribution in [-0.2, 0) is 30.9 Å². The third-order valence-corrected chi connectivity index (χ3v) is 0.843. The van der Waals surface area contributed by atoms with Crippen LogP contribution in [0.25, 0.3) is 0 Å². The molecule has 6 heteroatoms. The quantitative estimate of drug-likeness (QED) is 0.413. The number of carboxylic acids is 1. The van der Waals surface area contributed by atoms with E-state index in [2.05, 4.69) is 19.6 Å². The van der Waals surface area contributed by atoms with Crippen molar-refractivity contribution in [3.05, 3.63) is 0 Å². The Balaban J connectivity index is -0.000000125. The van der Waals surface area contributed by atoms with Gasteiger partial charge in [0, 0.05) is 11.7 Å². The Morgan fingerprint density at radius 3 is 1.92 bits per heavy atom. The molecule has 0 aliphatic heterocycles. The molecule has 0 heterocycles. The second-order valence-corrected chi connectivity index (χ2v) is 6.26. The topological polar surface area (TPSA) is 80.6 Å². The summed E-state index contributed by atoms with van der Waals surface area (Å²) in [7, 11) is 0. The predicted molar refractivity (Wildman–Crippen MR) is 48.1 cm³/mol. The SMILES string of the molecule is CC(=O)[O-].C[CH2][Hg+].OCC(O)CS. The fraction of sp³-hybridized carbons (Fsp3) is 0.857. The third-order valence-electron chi connectivity index (χ3n) is 0.421. The van der Waals surface area contributed by atoms with Crippen molar-refractivity contribution < 1.29 is 46.2 Å². The number of carboxylic acid groups (broad SMARTS) is 1. The van der Waals surface area contributed by atoms with Crippen LogP contribution in [0.1, 0.15) is 13.8 Å². The van der Waals surface area contributed by atoms with Crippen molar-refractivity contribution in [1.82, 2.24) is 0 Å². The van der Waals surface area contributed by atoms with Gasteiger partial charge in [0.2, 0.25) is 0 Å². The molecular formula is C7H16HgO4S. The summed E-state index contributed by atoms with van der Waals surface area (Å²) in [5, 5.41) is 25.3. The monoisotopic (exact) mass is 398 g/mol. The van der Waals surface area contributed by atoms with E-state index in [4.69, 9.17) is 20.1 Å². The van der Waals surface area contributed by atoms with E-state index in [-0.39, 0.29) is 6.61 Å². The van der Waals surface area contributed by atoms with Gasteiger partial charge >= 0.3 is 37.0 Å². The molecule has 1 unspecified atom stereocenters. The molecule has 76 valence electrons. The van der Waals surface area contributed by atoms with Gasteiger partial charge in [0.15, 0.2) is 0 Å². The van der Waals surface area contributed by atoms with Gasteiger partial charge in [-0.2, -0.15) is 12.6 Å². The molecule has 0 aliphatic carbocycles. The van der Waals surface area contributed by atoms with Crippen LogP contribution in [0.2, 0.25) is 3.93 Å². The van der Waals surface area contributed by atoms with E-state index < -0.39 is 12.1 Å². The normalized spacial score (nSPS) is 10.1. The molecule has 0 fully saturated rings. The van der Waals surface area contributed by atoms with Crippen LogP contribution in [0.5, 0.6) is 0 Å². The van der Waals surface area contributed by atoms with E-state index in [9.17, 15) is 0 Å². The zero-order valence-corrected chi connectivity index (χ0v) is 14.5. The number of carbonyl (C=O) groups excluding carboxylic acids is 1. The fourth-order valence-corrected chi connectivity index (χ4v) is 0.173. The van der Waals surface area contributed by atoms with Crippen molar-refractivity contribution in [1.29, 1.82) is 0 Å². The molecule has 0 rings (SSSR count). The Hall–Kier alpha value is 0.675. The molecule has 0 spiro atoms. The van der Waals surface area contributed by atoms with E-state index >= 15 is 0 Å². The number of hydrogen-bond donors (Lipinski definition) is 3. The summed E-state index contributed by atoms with van der Waals surface area (Å²) < 4.78 is 1.44. The average Bonchev–Trinajstić information content (AvgIpc) is 2.03. The van der Waals surface area contributed by atoms with Crippen LogP contribution in [-0.4, -0.2) is 34.6 Å². The van der Waals surface area contributed by atoms with Crippen LogP contribution in [0.3, 0.4) is 0 Å². The molecule has 4 nitrogen and oxygen atoms in total. The third kappa shape index (κ3) is 66.1. The van der Waals surface area contributed by atoms with Crippen LogP contribution in [0.15, 0.2) is 0 Å². The molecule has 2 N–H and O–H groups in total. The summed E-state index contributed by atoms with van der Waals surface area (Å²) in [6.07, 6.45) is -0.645. The van der Waals surface area contributed by atoms with Gasteiger partial charge in [-0.3, -0.25) is 0 Å². The van der Waals surface area contributed by atoms with E-state index in [1.807, 2.05) is 0 Å². The summed E-state index contributed by atoms with van der Waals surface area (Å²) in [6, 6.07) is 0. The molecule has 0 radical (unpaired) electrons. The number of carbonyl (C=O) groups is 1. The van der Waals surface area contributed by atoms with Gasteiger partial charge in [-0.25, -0.2) is 0 Å². The molecule has 0 amide bonds. The first kappa shape index (κ1) is 19.3. The first-order valence-electron chi connectivity index (χ1n) is 3.82. The van der Waals surface area contributed by atoms with E-state index in [0.29, 0.717) is 5.75 Å². The average molecular weight is 397 g/mol. The van der Waals surface area contributed by atoms with Gasteiger partial charge in [-0.15, -0.1) is 0 Å². The van der Waals surface area contributed by atoms with E-state index in [1.165, 1.54) is 3.93 Å². The maximum absolute atomic E-state index is 8.89. The van der Waals surface area contributed by atoms with Gasteiger partial charge in [0.25, 0.3) is 0 Å². The number of thiol groups is 1. The molecule has 0 bridgehead atoms. The van der Waals surface area contributed by atoms with Crippen molar-refractivity contribution in [2.45, 2.75) is 23.9 Å². The number of aliphatic hydroxyl groups is 2. The molecule has 0 aromatic carbocycles. The van der Waals surface area contributed by atoms with Crippen molar-refractivity contribution in [3.63, 3.8) is 0 Å². The van der Waals surface area contributed by atoms with Crippen LogP contribution in [0.4, 0.5) is 0 Å². The Morgan fingerprint density at radius 2 is 1.92 bits per heavy atom. The molecule has 0 saturated carbocycles. The van der Waals surface area contributed by atoms with Crippen LogP contribution >= 0.6 is 12.6 Å². The first-order chi connectivity index (χ1) is 5.95. The molecule has 0 aromatic heterocycles. The van der Waals surface area contributed by atoms with Gasteiger partial charge < -0.3 is 20.1 Å². The number of rotatable bonds is 2. The maximum Gasteiger partial charge on any atom is 0.0858 e. The smallest absolute Gasteiger partial charge is 0.0858 e. The predicted octanol–water partition coefficient (Wildman–Crippen LogP) is -1.00. The minimum Gasteiger partial charge on any atom is -0.394 e. The summed E-state index contributed by atoms with van der Waals surface area (Å²) in [5.74, 6) is -0.753. The van der Waals surface area contributed by atoms with Crippen molar-refractivity contribution >= 4 is 18.6 Å².